The summed E-state index contributed by atoms with van der Waals surface area (Å²) in [6.07, 6.45) is 7.80. The van der Waals surface area contributed by atoms with E-state index >= 15 is 0 Å². The Kier molecular flexibility index (Phi) is 8.98. The number of benzene rings is 2. The van der Waals surface area contributed by atoms with E-state index in [1.807, 2.05) is 48.5 Å². The maximum Gasteiger partial charge on any atom is 0.119 e. The SMILES string of the molecule is CCCCOc1ccc(N=CC=Nc2ccc(OCCCC)cc2)cc1. The molecule has 2 rings (SSSR count). The predicted molar refractivity (Wildman–Crippen MR) is 110 cm³/mol. The van der Waals surface area contributed by atoms with Crippen molar-refractivity contribution < 1.29 is 9.47 Å². The van der Waals surface area contributed by atoms with Crippen molar-refractivity contribution >= 4 is 23.8 Å². The van der Waals surface area contributed by atoms with Gasteiger partial charge in [-0.05, 0) is 61.4 Å². The molecule has 0 saturated carbocycles. The van der Waals surface area contributed by atoms with E-state index in [1.54, 1.807) is 12.4 Å². The van der Waals surface area contributed by atoms with Crippen molar-refractivity contribution in [3.8, 4) is 11.5 Å². The van der Waals surface area contributed by atoms with E-state index in [4.69, 9.17) is 9.47 Å². The number of hydrogen-bond acceptors (Lipinski definition) is 4. The Morgan fingerprint density at radius 1 is 0.654 bits per heavy atom. The quantitative estimate of drug-likeness (QED) is 0.359. The summed E-state index contributed by atoms with van der Waals surface area (Å²) in [6.45, 7) is 5.82. The standard InChI is InChI=1S/C22H28N2O2/c1-3-5-17-25-21-11-7-19(8-12-21)23-15-16-24-20-9-13-22(14-10-20)26-18-6-4-2/h7-16H,3-6,17-18H2,1-2H3. The molecule has 2 aromatic carbocycles. The monoisotopic (exact) mass is 352 g/mol. The van der Waals surface area contributed by atoms with E-state index in [9.17, 15) is 0 Å². The van der Waals surface area contributed by atoms with Crippen molar-refractivity contribution in [3.05, 3.63) is 48.5 Å². The minimum atomic E-state index is 0.758. The molecule has 0 aliphatic heterocycles. The van der Waals surface area contributed by atoms with E-state index in [-0.39, 0.29) is 0 Å². The van der Waals surface area contributed by atoms with Crippen LogP contribution in [0, 0.1) is 0 Å². The first-order chi connectivity index (χ1) is 12.8. The molecule has 0 bridgehead atoms. The second-order valence-electron chi connectivity index (χ2n) is 5.95. The van der Waals surface area contributed by atoms with Crippen LogP contribution in [-0.2, 0) is 0 Å². The summed E-state index contributed by atoms with van der Waals surface area (Å²) in [6, 6.07) is 15.5. The summed E-state index contributed by atoms with van der Waals surface area (Å²) in [4.78, 5) is 8.74. The van der Waals surface area contributed by atoms with Crippen LogP contribution >= 0.6 is 0 Å². The van der Waals surface area contributed by atoms with Crippen LogP contribution in [0.5, 0.6) is 11.5 Å². The van der Waals surface area contributed by atoms with Gasteiger partial charge in [-0.1, -0.05) is 26.7 Å². The minimum absolute atomic E-state index is 0.758. The van der Waals surface area contributed by atoms with Gasteiger partial charge in [-0.2, -0.15) is 0 Å². The normalized spacial score (nSPS) is 11.3. The third kappa shape index (κ3) is 7.51. The summed E-state index contributed by atoms with van der Waals surface area (Å²) in [5.41, 5.74) is 1.75. The Hall–Kier alpha value is -2.62. The molecular weight excluding hydrogens is 324 g/mol. The van der Waals surface area contributed by atoms with Crippen LogP contribution < -0.4 is 9.47 Å². The highest BCUT2D eigenvalue weighted by Crippen LogP contribution is 2.19. The smallest absolute Gasteiger partial charge is 0.119 e. The first-order valence-electron chi connectivity index (χ1n) is 9.34. The fraction of sp³-hybridized carbons (Fsp3) is 0.364. The van der Waals surface area contributed by atoms with Gasteiger partial charge < -0.3 is 9.47 Å². The van der Waals surface area contributed by atoms with Crippen LogP contribution in [0.25, 0.3) is 0 Å². The molecule has 0 fully saturated rings. The van der Waals surface area contributed by atoms with E-state index in [0.717, 1.165) is 61.8 Å². The lowest BCUT2D eigenvalue weighted by Gasteiger charge is -2.04. The lowest BCUT2D eigenvalue weighted by atomic mass is 10.3. The number of ether oxygens (including phenoxy) is 2. The summed E-state index contributed by atoms with van der Waals surface area (Å²) in [5.74, 6) is 1.76. The predicted octanol–water partition coefficient (Wildman–Crippen LogP) is 6.15. The Morgan fingerprint density at radius 3 is 1.38 bits per heavy atom. The highest BCUT2D eigenvalue weighted by atomic mass is 16.5. The maximum absolute atomic E-state index is 5.64. The zero-order chi connectivity index (χ0) is 18.5. The third-order valence-corrected chi connectivity index (χ3v) is 3.72. The van der Waals surface area contributed by atoms with Gasteiger partial charge in [-0.15, -0.1) is 0 Å². The molecule has 0 aliphatic carbocycles. The zero-order valence-corrected chi connectivity index (χ0v) is 15.7. The summed E-state index contributed by atoms with van der Waals surface area (Å²) >= 11 is 0. The summed E-state index contributed by atoms with van der Waals surface area (Å²) in [5, 5.41) is 0. The molecule has 0 atom stereocenters. The molecule has 0 N–H and O–H groups in total. The van der Waals surface area contributed by atoms with Crippen molar-refractivity contribution in [1.29, 1.82) is 0 Å². The lowest BCUT2D eigenvalue weighted by Crippen LogP contribution is -1.95. The maximum atomic E-state index is 5.64. The average molecular weight is 352 g/mol. The molecule has 0 unspecified atom stereocenters. The molecule has 26 heavy (non-hydrogen) atoms. The number of nitrogens with zero attached hydrogens (tertiary/aromatic N) is 2. The number of rotatable bonds is 11. The Bertz CT molecular complexity index is 615. The van der Waals surface area contributed by atoms with Gasteiger partial charge in [0.2, 0.25) is 0 Å². The molecule has 2 aromatic rings. The summed E-state index contributed by atoms with van der Waals surface area (Å²) in [7, 11) is 0. The average Bonchev–Trinajstić information content (AvgIpc) is 2.68. The van der Waals surface area contributed by atoms with E-state index in [1.165, 1.54) is 0 Å². The van der Waals surface area contributed by atoms with Crippen molar-refractivity contribution in [2.24, 2.45) is 9.98 Å². The Balaban J connectivity index is 1.79. The van der Waals surface area contributed by atoms with Crippen LogP contribution in [0.1, 0.15) is 39.5 Å². The fourth-order valence-corrected chi connectivity index (χ4v) is 2.16. The fourth-order valence-electron chi connectivity index (χ4n) is 2.16. The molecule has 4 nitrogen and oxygen atoms in total. The lowest BCUT2D eigenvalue weighted by molar-refractivity contribution is 0.309. The molecule has 0 saturated heterocycles. The van der Waals surface area contributed by atoms with Gasteiger partial charge in [-0.25, -0.2) is 0 Å². The third-order valence-electron chi connectivity index (χ3n) is 3.72. The van der Waals surface area contributed by atoms with Crippen LogP contribution in [-0.4, -0.2) is 25.6 Å². The molecule has 138 valence electrons. The summed E-state index contributed by atoms with van der Waals surface area (Å²) < 4.78 is 11.3. The first kappa shape index (κ1) is 19.7. The van der Waals surface area contributed by atoms with Gasteiger partial charge in [-0.3, -0.25) is 9.98 Å². The van der Waals surface area contributed by atoms with Gasteiger partial charge in [0.15, 0.2) is 0 Å². The van der Waals surface area contributed by atoms with Gasteiger partial charge in [0.25, 0.3) is 0 Å². The molecule has 0 amide bonds. The van der Waals surface area contributed by atoms with Crippen LogP contribution in [0.3, 0.4) is 0 Å². The van der Waals surface area contributed by atoms with Crippen molar-refractivity contribution in [1.82, 2.24) is 0 Å². The van der Waals surface area contributed by atoms with Gasteiger partial charge >= 0.3 is 0 Å². The molecular formula is C22H28N2O2. The van der Waals surface area contributed by atoms with Crippen LogP contribution in [0.15, 0.2) is 58.5 Å². The van der Waals surface area contributed by atoms with E-state index in [0.29, 0.717) is 0 Å². The molecule has 0 aromatic heterocycles. The minimum Gasteiger partial charge on any atom is -0.494 e. The van der Waals surface area contributed by atoms with E-state index in [2.05, 4.69) is 23.8 Å². The second-order valence-corrected chi connectivity index (χ2v) is 5.95. The molecule has 0 heterocycles. The van der Waals surface area contributed by atoms with Crippen molar-refractivity contribution in [2.75, 3.05) is 13.2 Å². The number of unbranched alkanes of at least 4 members (excludes halogenated alkanes) is 2. The van der Waals surface area contributed by atoms with Crippen molar-refractivity contribution in [2.45, 2.75) is 39.5 Å². The topological polar surface area (TPSA) is 43.2 Å². The van der Waals surface area contributed by atoms with Gasteiger partial charge in [0, 0.05) is 12.4 Å². The Labute approximate surface area is 156 Å². The molecule has 4 heteroatoms. The van der Waals surface area contributed by atoms with Crippen LogP contribution in [0.4, 0.5) is 11.4 Å². The molecule has 0 radical (unpaired) electrons. The number of hydrogen-bond donors (Lipinski definition) is 0. The van der Waals surface area contributed by atoms with E-state index < -0.39 is 0 Å². The second kappa shape index (κ2) is 11.9. The zero-order valence-electron chi connectivity index (χ0n) is 15.7. The van der Waals surface area contributed by atoms with Crippen LogP contribution in [0.2, 0.25) is 0 Å². The molecule has 0 aliphatic rings. The largest absolute Gasteiger partial charge is 0.494 e. The Morgan fingerprint density at radius 2 is 1.04 bits per heavy atom. The first-order valence-corrected chi connectivity index (χ1v) is 9.34. The highest BCUT2D eigenvalue weighted by molar-refractivity contribution is 6.17. The molecule has 0 spiro atoms. The van der Waals surface area contributed by atoms with Gasteiger partial charge in [0.1, 0.15) is 11.5 Å². The number of aliphatic imine (C=N–C) groups is 2. The highest BCUT2D eigenvalue weighted by Gasteiger charge is 1.95. The van der Waals surface area contributed by atoms with Crippen molar-refractivity contribution in [3.63, 3.8) is 0 Å². The van der Waals surface area contributed by atoms with Gasteiger partial charge in [0.05, 0.1) is 24.6 Å².